The summed E-state index contributed by atoms with van der Waals surface area (Å²) in [6, 6.07) is 7.40. The number of hydrogen-bond donors (Lipinski definition) is 2. The lowest BCUT2D eigenvalue weighted by atomic mass is 10.00. The van der Waals surface area contributed by atoms with Crippen molar-refractivity contribution in [2.75, 3.05) is 44.4 Å². The monoisotopic (exact) mass is 338 g/mol. The first-order valence-electron chi connectivity index (χ1n) is 8.83. The topological polar surface area (TPSA) is 54.0 Å². The van der Waals surface area contributed by atoms with Gasteiger partial charge in [0.15, 0.2) is 0 Å². The lowest BCUT2D eigenvalue weighted by Gasteiger charge is -2.39. The second kappa shape index (κ2) is 8.76. The predicted molar refractivity (Wildman–Crippen MR) is 90.8 cm³/mol. The average molecular weight is 338 g/mol. The van der Waals surface area contributed by atoms with E-state index < -0.39 is 0 Å². The van der Waals surface area contributed by atoms with Crippen LogP contribution >= 0.6 is 0 Å². The molecule has 2 N–H and O–H groups in total. The highest BCUT2D eigenvalue weighted by molar-refractivity contribution is 5.46. The van der Waals surface area contributed by atoms with E-state index in [9.17, 15) is 4.39 Å². The van der Waals surface area contributed by atoms with E-state index in [1.807, 2.05) is 6.07 Å². The van der Waals surface area contributed by atoms with Crippen molar-refractivity contribution in [1.82, 2.24) is 5.32 Å². The maximum Gasteiger partial charge on any atom is 0.125 e. The van der Waals surface area contributed by atoms with Gasteiger partial charge in [0.25, 0.3) is 0 Å². The Morgan fingerprint density at radius 1 is 1.29 bits per heavy atom. The first-order chi connectivity index (χ1) is 11.8. The van der Waals surface area contributed by atoms with Crippen molar-refractivity contribution in [3.05, 3.63) is 30.1 Å². The van der Waals surface area contributed by atoms with E-state index in [2.05, 4.69) is 10.2 Å². The highest BCUT2D eigenvalue weighted by Gasteiger charge is 2.30. The van der Waals surface area contributed by atoms with Gasteiger partial charge in [0.05, 0.1) is 32.0 Å². The Kier molecular flexibility index (Phi) is 6.43. The van der Waals surface area contributed by atoms with Crippen molar-refractivity contribution in [3.8, 4) is 0 Å². The molecule has 3 rings (SSSR count). The molecule has 0 radical (unpaired) electrons. The third-order valence-corrected chi connectivity index (χ3v) is 4.83. The minimum Gasteiger partial charge on any atom is -0.394 e. The number of ether oxygens (including phenoxy) is 2. The van der Waals surface area contributed by atoms with Crippen molar-refractivity contribution in [1.29, 1.82) is 0 Å². The molecule has 5 nitrogen and oxygen atoms in total. The molecule has 6 heteroatoms. The van der Waals surface area contributed by atoms with Gasteiger partial charge in [-0.05, 0) is 37.5 Å². The van der Waals surface area contributed by atoms with E-state index >= 15 is 0 Å². The lowest BCUT2D eigenvalue weighted by molar-refractivity contribution is -0.0662. The van der Waals surface area contributed by atoms with Gasteiger partial charge in [0.1, 0.15) is 5.82 Å². The van der Waals surface area contributed by atoms with Gasteiger partial charge in [-0.15, -0.1) is 0 Å². The summed E-state index contributed by atoms with van der Waals surface area (Å²) in [4.78, 5) is 2.23. The van der Waals surface area contributed by atoms with Gasteiger partial charge >= 0.3 is 0 Å². The Hall–Kier alpha value is -1.21. The minimum absolute atomic E-state index is 0.0517. The SMILES string of the molecule is OCCO[C@@H]1CCOC[C@@H]1NC1CCN(c2cccc(F)c2)CC1. The van der Waals surface area contributed by atoms with Gasteiger partial charge in [-0.1, -0.05) is 6.07 Å². The molecule has 2 atom stereocenters. The number of nitrogens with one attached hydrogen (secondary N) is 1. The zero-order valence-electron chi connectivity index (χ0n) is 14.0. The normalized spacial score (nSPS) is 25.8. The summed E-state index contributed by atoms with van der Waals surface area (Å²) in [5.74, 6) is -0.184. The third-order valence-electron chi connectivity index (χ3n) is 4.83. The summed E-state index contributed by atoms with van der Waals surface area (Å²) in [5, 5.41) is 12.6. The molecule has 0 aliphatic carbocycles. The van der Waals surface area contributed by atoms with Crippen LogP contribution in [0.1, 0.15) is 19.3 Å². The number of rotatable bonds is 6. The van der Waals surface area contributed by atoms with Crippen LogP contribution in [0.2, 0.25) is 0 Å². The zero-order chi connectivity index (χ0) is 16.8. The van der Waals surface area contributed by atoms with Gasteiger partial charge in [0.2, 0.25) is 0 Å². The number of benzene rings is 1. The van der Waals surface area contributed by atoms with E-state index in [1.54, 1.807) is 12.1 Å². The fraction of sp³-hybridized carbons (Fsp3) is 0.667. The molecule has 0 saturated carbocycles. The number of piperidine rings is 1. The fourth-order valence-corrected chi connectivity index (χ4v) is 3.56. The number of anilines is 1. The third kappa shape index (κ3) is 4.66. The second-order valence-corrected chi connectivity index (χ2v) is 6.51. The molecule has 1 aromatic carbocycles. The molecule has 134 valence electrons. The average Bonchev–Trinajstić information content (AvgIpc) is 2.62. The van der Waals surface area contributed by atoms with Crippen LogP contribution in [0, 0.1) is 5.82 Å². The number of halogens is 1. The van der Waals surface area contributed by atoms with Crippen LogP contribution in [0.5, 0.6) is 0 Å². The number of aliphatic hydroxyl groups excluding tert-OH is 1. The van der Waals surface area contributed by atoms with Crippen LogP contribution < -0.4 is 10.2 Å². The molecule has 0 aromatic heterocycles. The number of aliphatic hydroxyl groups is 1. The van der Waals surface area contributed by atoms with Gasteiger partial charge in [-0.3, -0.25) is 0 Å². The van der Waals surface area contributed by atoms with Crippen molar-refractivity contribution in [2.45, 2.75) is 37.5 Å². The van der Waals surface area contributed by atoms with Gasteiger partial charge in [-0.2, -0.15) is 0 Å². The molecule has 2 heterocycles. The first kappa shape index (κ1) is 17.6. The minimum atomic E-state index is -0.184. The van der Waals surface area contributed by atoms with Crippen LogP contribution in [0.15, 0.2) is 24.3 Å². The van der Waals surface area contributed by atoms with Crippen molar-refractivity contribution in [2.24, 2.45) is 0 Å². The molecule has 0 spiro atoms. The Balaban J connectivity index is 1.49. The molecule has 0 unspecified atom stereocenters. The van der Waals surface area contributed by atoms with E-state index in [1.165, 1.54) is 6.07 Å². The van der Waals surface area contributed by atoms with Crippen molar-refractivity contribution in [3.63, 3.8) is 0 Å². The quantitative estimate of drug-likeness (QED) is 0.824. The molecule has 0 amide bonds. The molecule has 0 bridgehead atoms. The Bertz CT molecular complexity index is 509. The molecule has 2 fully saturated rings. The molecule has 2 aliphatic heterocycles. The van der Waals surface area contributed by atoms with Crippen molar-refractivity contribution < 1.29 is 19.0 Å². The maximum atomic E-state index is 13.4. The highest BCUT2D eigenvalue weighted by atomic mass is 19.1. The smallest absolute Gasteiger partial charge is 0.125 e. The van der Waals surface area contributed by atoms with Crippen LogP contribution in [0.25, 0.3) is 0 Å². The largest absolute Gasteiger partial charge is 0.394 e. The Labute approximate surface area is 142 Å². The molecule has 1 aromatic rings. The van der Waals surface area contributed by atoms with E-state index in [0.29, 0.717) is 25.9 Å². The number of nitrogens with zero attached hydrogens (tertiary/aromatic N) is 1. The summed E-state index contributed by atoms with van der Waals surface area (Å²) in [7, 11) is 0. The number of hydrogen-bond acceptors (Lipinski definition) is 5. The summed E-state index contributed by atoms with van der Waals surface area (Å²) in [5.41, 5.74) is 0.957. The summed E-state index contributed by atoms with van der Waals surface area (Å²) < 4.78 is 24.7. The summed E-state index contributed by atoms with van der Waals surface area (Å²) >= 11 is 0. The fourth-order valence-electron chi connectivity index (χ4n) is 3.56. The summed E-state index contributed by atoms with van der Waals surface area (Å²) in [6.45, 7) is 3.62. The van der Waals surface area contributed by atoms with E-state index in [-0.39, 0.29) is 24.6 Å². The van der Waals surface area contributed by atoms with E-state index in [0.717, 1.165) is 38.0 Å². The van der Waals surface area contributed by atoms with E-state index in [4.69, 9.17) is 14.6 Å². The molecule has 2 aliphatic rings. The Morgan fingerprint density at radius 2 is 2.12 bits per heavy atom. The maximum absolute atomic E-state index is 13.4. The van der Waals surface area contributed by atoms with Crippen LogP contribution in [-0.2, 0) is 9.47 Å². The van der Waals surface area contributed by atoms with Crippen LogP contribution in [-0.4, -0.2) is 62.8 Å². The van der Waals surface area contributed by atoms with Gasteiger partial charge < -0.3 is 24.8 Å². The summed E-state index contributed by atoms with van der Waals surface area (Å²) in [6.07, 6.45) is 2.99. The van der Waals surface area contributed by atoms with Crippen molar-refractivity contribution >= 4 is 5.69 Å². The standard InChI is InChI=1S/C18H27FN2O3/c19-14-2-1-3-16(12-14)21-7-4-15(5-8-21)20-17-13-23-10-6-18(17)24-11-9-22/h1-3,12,15,17-18,20,22H,4-11,13H2/t17-,18+/m0/s1. The van der Waals surface area contributed by atoms with Crippen LogP contribution in [0.3, 0.4) is 0 Å². The van der Waals surface area contributed by atoms with Crippen LogP contribution in [0.4, 0.5) is 10.1 Å². The molecular weight excluding hydrogens is 311 g/mol. The van der Waals surface area contributed by atoms with Gasteiger partial charge in [-0.25, -0.2) is 4.39 Å². The lowest BCUT2D eigenvalue weighted by Crippen LogP contribution is -2.54. The first-order valence-corrected chi connectivity index (χ1v) is 8.83. The second-order valence-electron chi connectivity index (χ2n) is 6.51. The zero-order valence-corrected chi connectivity index (χ0v) is 14.0. The predicted octanol–water partition coefficient (Wildman–Crippen LogP) is 1.55. The molecule has 2 saturated heterocycles. The van der Waals surface area contributed by atoms with Gasteiger partial charge in [0, 0.05) is 31.4 Å². The Morgan fingerprint density at radius 3 is 2.88 bits per heavy atom. The molecule has 24 heavy (non-hydrogen) atoms. The molecular formula is C18H27FN2O3. The highest BCUT2D eigenvalue weighted by Crippen LogP contribution is 2.22.